The summed E-state index contributed by atoms with van der Waals surface area (Å²) in [6.07, 6.45) is -3.92. The lowest BCUT2D eigenvalue weighted by Crippen LogP contribution is -2.36. The summed E-state index contributed by atoms with van der Waals surface area (Å²) in [7, 11) is 0. The lowest BCUT2D eigenvalue weighted by molar-refractivity contribution is -0.137. The smallest absolute Gasteiger partial charge is 0.443 e. The van der Waals surface area contributed by atoms with Crippen LogP contribution in [0.15, 0.2) is 0 Å². The average molecular weight is 322 g/mol. The molecule has 1 amide bonds. The van der Waals surface area contributed by atoms with E-state index in [1.807, 2.05) is 0 Å². The fourth-order valence-electron chi connectivity index (χ4n) is 2.00. The Morgan fingerprint density at radius 3 is 2.57 bits per heavy atom. The predicted molar refractivity (Wildman–Crippen MR) is 72.1 cm³/mol. The highest BCUT2D eigenvalue weighted by atomic mass is 32.1. The first kappa shape index (κ1) is 16.1. The maximum Gasteiger partial charge on any atom is 0.443 e. The molecule has 0 saturated heterocycles. The molecule has 1 aliphatic rings. The second kappa shape index (κ2) is 5.47. The van der Waals surface area contributed by atoms with Crippen LogP contribution in [0.2, 0.25) is 0 Å². The number of hydrogen-bond donors (Lipinski definition) is 0. The Kier molecular flexibility index (Phi) is 4.19. The van der Waals surface area contributed by atoms with E-state index in [0.717, 1.165) is 0 Å². The van der Waals surface area contributed by atoms with Gasteiger partial charge in [-0.25, -0.2) is 9.78 Å². The van der Waals surface area contributed by atoms with E-state index < -0.39 is 22.9 Å². The van der Waals surface area contributed by atoms with Crippen molar-refractivity contribution < 1.29 is 22.7 Å². The summed E-state index contributed by atoms with van der Waals surface area (Å²) in [5.74, 6) is 0. The number of alkyl halides is 3. The van der Waals surface area contributed by atoms with E-state index >= 15 is 0 Å². The highest BCUT2D eigenvalue weighted by Gasteiger charge is 2.37. The number of ether oxygens (including phenoxy) is 1. The van der Waals surface area contributed by atoms with Gasteiger partial charge < -0.3 is 9.64 Å². The molecule has 21 heavy (non-hydrogen) atoms. The SMILES string of the molecule is CC(C)(C)OC(=O)N1CCCc2nc(C(F)(F)F)sc2C1. The van der Waals surface area contributed by atoms with Crippen LogP contribution in [-0.4, -0.2) is 28.1 Å². The highest BCUT2D eigenvalue weighted by Crippen LogP contribution is 2.36. The largest absolute Gasteiger partial charge is 0.444 e. The van der Waals surface area contributed by atoms with Crippen LogP contribution in [-0.2, 0) is 23.9 Å². The molecule has 0 atom stereocenters. The van der Waals surface area contributed by atoms with Gasteiger partial charge in [0.2, 0.25) is 0 Å². The third-order valence-electron chi connectivity index (χ3n) is 2.85. The molecule has 118 valence electrons. The van der Waals surface area contributed by atoms with E-state index in [4.69, 9.17) is 4.74 Å². The van der Waals surface area contributed by atoms with Gasteiger partial charge in [-0.3, -0.25) is 0 Å². The third-order valence-corrected chi connectivity index (χ3v) is 3.98. The first-order valence-corrected chi connectivity index (χ1v) is 7.41. The molecule has 0 aromatic carbocycles. The summed E-state index contributed by atoms with van der Waals surface area (Å²) in [5, 5.41) is -0.849. The first-order valence-electron chi connectivity index (χ1n) is 6.60. The van der Waals surface area contributed by atoms with Crippen molar-refractivity contribution in [1.29, 1.82) is 0 Å². The first-order chi connectivity index (χ1) is 9.56. The minimum absolute atomic E-state index is 0.123. The van der Waals surface area contributed by atoms with Gasteiger partial charge >= 0.3 is 12.3 Å². The zero-order valence-corrected chi connectivity index (χ0v) is 12.9. The maximum absolute atomic E-state index is 12.7. The number of hydrogen-bond acceptors (Lipinski definition) is 4. The molecule has 1 aromatic rings. The van der Waals surface area contributed by atoms with Crippen molar-refractivity contribution in [2.75, 3.05) is 6.54 Å². The molecule has 0 bridgehead atoms. The van der Waals surface area contributed by atoms with Crippen molar-refractivity contribution in [3.8, 4) is 0 Å². The van der Waals surface area contributed by atoms with E-state index in [1.165, 1.54) is 4.90 Å². The number of fused-ring (bicyclic) bond motifs is 1. The molecule has 0 aliphatic carbocycles. The topological polar surface area (TPSA) is 42.4 Å². The van der Waals surface area contributed by atoms with Crippen LogP contribution in [0.5, 0.6) is 0 Å². The monoisotopic (exact) mass is 322 g/mol. The van der Waals surface area contributed by atoms with Gasteiger partial charge in [0.05, 0.1) is 12.2 Å². The standard InChI is InChI=1S/C13H17F3N2O2S/c1-12(2,3)20-11(19)18-6-4-5-8-9(7-18)21-10(17-8)13(14,15)16/h4-7H2,1-3H3. The van der Waals surface area contributed by atoms with Crippen LogP contribution < -0.4 is 0 Å². The van der Waals surface area contributed by atoms with Crippen LogP contribution in [0.25, 0.3) is 0 Å². The van der Waals surface area contributed by atoms with Gasteiger partial charge in [-0.2, -0.15) is 13.2 Å². The van der Waals surface area contributed by atoms with Gasteiger partial charge in [-0.05, 0) is 33.6 Å². The molecule has 2 rings (SSSR count). The average Bonchev–Trinajstić information content (AvgIpc) is 2.59. The van der Waals surface area contributed by atoms with Crippen molar-refractivity contribution in [2.24, 2.45) is 0 Å². The Balaban J connectivity index is 2.17. The van der Waals surface area contributed by atoms with E-state index in [0.29, 0.717) is 41.3 Å². The van der Waals surface area contributed by atoms with E-state index in [1.54, 1.807) is 20.8 Å². The minimum atomic E-state index is -4.44. The minimum Gasteiger partial charge on any atom is -0.444 e. The summed E-state index contributed by atoms with van der Waals surface area (Å²) in [6.45, 7) is 5.84. The molecule has 0 N–H and O–H groups in total. The van der Waals surface area contributed by atoms with Crippen LogP contribution in [0.1, 0.15) is 42.8 Å². The van der Waals surface area contributed by atoms with Crippen molar-refractivity contribution in [2.45, 2.75) is 51.9 Å². The van der Waals surface area contributed by atoms with Gasteiger partial charge in [0.25, 0.3) is 0 Å². The number of aromatic nitrogens is 1. The molecule has 0 radical (unpaired) electrons. The summed E-state index contributed by atoms with van der Waals surface area (Å²) in [6, 6.07) is 0. The number of halogens is 3. The normalized spacial score (nSPS) is 16.4. The Morgan fingerprint density at radius 2 is 2.00 bits per heavy atom. The molecule has 0 fully saturated rings. The van der Waals surface area contributed by atoms with E-state index in [9.17, 15) is 18.0 Å². The van der Waals surface area contributed by atoms with Crippen molar-refractivity contribution >= 4 is 17.4 Å². The second-order valence-corrected chi connectivity index (χ2v) is 6.98. The number of carbonyl (C=O) groups is 1. The Labute approximate surface area is 124 Å². The van der Waals surface area contributed by atoms with E-state index in [-0.39, 0.29) is 6.54 Å². The molecule has 2 heterocycles. The summed E-state index contributed by atoms with van der Waals surface area (Å²) >= 11 is 0.609. The third kappa shape index (κ3) is 4.09. The van der Waals surface area contributed by atoms with E-state index in [2.05, 4.69) is 4.98 Å². The van der Waals surface area contributed by atoms with Crippen LogP contribution in [0.4, 0.5) is 18.0 Å². The van der Waals surface area contributed by atoms with Crippen LogP contribution in [0, 0.1) is 0 Å². The number of aryl methyl sites for hydroxylation is 1. The molecule has 0 unspecified atom stereocenters. The lowest BCUT2D eigenvalue weighted by atomic mass is 10.2. The Morgan fingerprint density at radius 1 is 1.33 bits per heavy atom. The maximum atomic E-state index is 12.7. The number of rotatable bonds is 0. The summed E-state index contributed by atoms with van der Waals surface area (Å²) in [5.41, 5.74) is -0.185. The molecular formula is C13H17F3N2O2S. The summed E-state index contributed by atoms with van der Waals surface area (Å²) < 4.78 is 43.4. The van der Waals surface area contributed by atoms with Gasteiger partial charge in [0.15, 0.2) is 5.01 Å². The predicted octanol–water partition coefficient (Wildman–Crippen LogP) is 3.85. The van der Waals surface area contributed by atoms with Crippen molar-refractivity contribution in [3.63, 3.8) is 0 Å². The van der Waals surface area contributed by atoms with Gasteiger partial charge in [-0.15, -0.1) is 11.3 Å². The van der Waals surface area contributed by atoms with Gasteiger partial charge in [0.1, 0.15) is 5.60 Å². The molecular weight excluding hydrogens is 305 g/mol. The fourth-order valence-corrected chi connectivity index (χ4v) is 2.99. The zero-order chi connectivity index (χ0) is 15.8. The molecule has 1 aliphatic heterocycles. The quantitative estimate of drug-likeness (QED) is 0.729. The van der Waals surface area contributed by atoms with Crippen molar-refractivity contribution in [3.05, 3.63) is 15.6 Å². The number of nitrogens with zero attached hydrogens (tertiary/aromatic N) is 2. The number of amides is 1. The van der Waals surface area contributed by atoms with Crippen LogP contribution >= 0.6 is 11.3 Å². The molecule has 4 nitrogen and oxygen atoms in total. The summed E-state index contributed by atoms with van der Waals surface area (Å²) in [4.78, 5) is 17.6. The van der Waals surface area contributed by atoms with Gasteiger partial charge in [0, 0.05) is 11.4 Å². The Hall–Kier alpha value is -1.31. The number of thiazole rings is 1. The lowest BCUT2D eigenvalue weighted by Gasteiger charge is -2.26. The fraction of sp³-hybridized carbons (Fsp3) is 0.692. The van der Waals surface area contributed by atoms with Crippen LogP contribution in [0.3, 0.4) is 0 Å². The zero-order valence-electron chi connectivity index (χ0n) is 12.1. The Bertz CT molecular complexity index is 534. The van der Waals surface area contributed by atoms with Crippen molar-refractivity contribution in [1.82, 2.24) is 9.88 Å². The molecule has 1 aromatic heterocycles. The van der Waals surface area contributed by atoms with Gasteiger partial charge in [-0.1, -0.05) is 0 Å². The second-order valence-electron chi connectivity index (χ2n) is 5.89. The number of carbonyl (C=O) groups excluding carboxylic acids is 1. The highest BCUT2D eigenvalue weighted by molar-refractivity contribution is 7.11. The molecule has 0 spiro atoms. The molecule has 8 heteroatoms. The molecule has 0 saturated carbocycles.